The number of unbranched alkanes of at least 4 members (excludes halogenated alkanes) is 1. The number of nitrogens with one attached hydrogen (secondary N) is 1. The number of nitrogens with two attached hydrogens (primary N) is 1. The molecule has 0 radical (unpaired) electrons. The lowest BCUT2D eigenvalue weighted by Crippen LogP contribution is -2.46. The third kappa shape index (κ3) is 5.55. The SMILES string of the molecule is COC(=O)[C@H](CCCCN)NC(=O)N(C)C. The number of amides is 2. The fraction of sp³-hybridized carbons (Fsp3) is 0.800. The topological polar surface area (TPSA) is 84.7 Å². The van der Waals surface area contributed by atoms with Gasteiger partial charge in [0.25, 0.3) is 0 Å². The molecule has 0 spiro atoms. The molecule has 0 aromatic rings. The fourth-order valence-electron chi connectivity index (χ4n) is 1.16. The summed E-state index contributed by atoms with van der Waals surface area (Å²) in [5, 5.41) is 2.60. The second-order valence-electron chi connectivity index (χ2n) is 3.70. The number of hydrogen-bond acceptors (Lipinski definition) is 4. The van der Waals surface area contributed by atoms with Crippen molar-refractivity contribution >= 4 is 12.0 Å². The quantitative estimate of drug-likeness (QED) is 0.495. The highest BCUT2D eigenvalue weighted by Crippen LogP contribution is 2.02. The van der Waals surface area contributed by atoms with Crippen LogP contribution in [0.3, 0.4) is 0 Å². The normalized spacial score (nSPS) is 11.8. The van der Waals surface area contributed by atoms with Gasteiger partial charge < -0.3 is 20.7 Å². The van der Waals surface area contributed by atoms with Crippen molar-refractivity contribution in [3.63, 3.8) is 0 Å². The Hall–Kier alpha value is -1.30. The maximum atomic E-state index is 11.4. The minimum absolute atomic E-state index is 0.303. The highest BCUT2D eigenvalue weighted by Gasteiger charge is 2.21. The van der Waals surface area contributed by atoms with E-state index in [0.717, 1.165) is 12.8 Å². The van der Waals surface area contributed by atoms with Crippen LogP contribution in [0.2, 0.25) is 0 Å². The van der Waals surface area contributed by atoms with Crippen molar-refractivity contribution in [2.24, 2.45) is 5.73 Å². The zero-order chi connectivity index (χ0) is 12.6. The van der Waals surface area contributed by atoms with E-state index < -0.39 is 12.0 Å². The van der Waals surface area contributed by atoms with E-state index in [-0.39, 0.29) is 6.03 Å². The smallest absolute Gasteiger partial charge is 0.328 e. The summed E-state index contributed by atoms with van der Waals surface area (Å²) in [5.74, 6) is -0.424. The summed E-state index contributed by atoms with van der Waals surface area (Å²) in [6, 6.07) is -0.894. The zero-order valence-electron chi connectivity index (χ0n) is 10.2. The molecule has 94 valence electrons. The molecule has 0 bridgehead atoms. The molecule has 0 aliphatic heterocycles. The Kier molecular flexibility index (Phi) is 7.28. The first-order chi connectivity index (χ1) is 7.52. The van der Waals surface area contributed by atoms with Gasteiger partial charge >= 0.3 is 12.0 Å². The lowest BCUT2D eigenvalue weighted by atomic mass is 10.1. The average Bonchev–Trinajstić information content (AvgIpc) is 2.26. The van der Waals surface area contributed by atoms with Gasteiger partial charge in [-0.1, -0.05) is 0 Å². The minimum atomic E-state index is -0.591. The Balaban J connectivity index is 4.20. The summed E-state index contributed by atoms with van der Waals surface area (Å²) in [6.45, 7) is 0.579. The van der Waals surface area contributed by atoms with Crippen LogP contribution in [-0.2, 0) is 9.53 Å². The van der Waals surface area contributed by atoms with Crippen LogP contribution >= 0.6 is 0 Å². The molecule has 6 nitrogen and oxygen atoms in total. The van der Waals surface area contributed by atoms with Crippen LogP contribution in [0.15, 0.2) is 0 Å². The van der Waals surface area contributed by atoms with Crippen LogP contribution in [0.25, 0.3) is 0 Å². The molecule has 0 aliphatic carbocycles. The number of urea groups is 1. The summed E-state index contributed by atoms with van der Waals surface area (Å²) in [7, 11) is 4.53. The highest BCUT2D eigenvalue weighted by atomic mass is 16.5. The second kappa shape index (κ2) is 7.92. The molecule has 0 rings (SSSR count). The van der Waals surface area contributed by atoms with Crippen molar-refractivity contribution < 1.29 is 14.3 Å². The van der Waals surface area contributed by atoms with Crippen molar-refractivity contribution in [2.75, 3.05) is 27.7 Å². The van der Waals surface area contributed by atoms with E-state index in [1.54, 1.807) is 14.1 Å². The molecular formula is C10H21N3O3. The number of nitrogens with zero attached hydrogens (tertiary/aromatic N) is 1. The molecule has 0 heterocycles. The van der Waals surface area contributed by atoms with Crippen LogP contribution < -0.4 is 11.1 Å². The van der Waals surface area contributed by atoms with Crippen LogP contribution in [0.1, 0.15) is 19.3 Å². The molecule has 0 saturated carbocycles. The van der Waals surface area contributed by atoms with Crippen molar-refractivity contribution in [1.82, 2.24) is 10.2 Å². The predicted octanol–water partition coefficient (Wildman–Crippen LogP) is -0.0718. The summed E-state index contributed by atoms with van der Waals surface area (Å²) in [5.41, 5.74) is 5.36. The second-order valence-corrected chi connectivity index (χ2v) is 3.70. The van der Waals surface area contributed by atoms with Gasteiger partial charge in [0.2, 0.25) is 0 Å². The fourth-order valence-corrected chi connectivity index (χ4v) is 1.16. The molecule has 2 amide bonds. The van der Waals surface area contributed by atoms with Gasteiger partial charge in [-0.25, -0.2) is 9.59 Å². The van der Waals surface area contributed by atoms with Crippen LogP contribution in [0.5, 0.6) is 0 Å². The van der Waals surface area contributed by atoms with Crippen molar-refractivity contribution in [3.8, 4) is 0 Å². The molecule has 0 unspecified atom stereocenters. The van der Waals surface area contributed by atoms with E-state index >= 15 is 0 Å². The molecule has 6 heteroatoms. The van der Waals surface area contributed by atoms with Crippen molar-refractivity contribution in [3.05, 3.63) is 0 Å². The molecule has 0 saturated heterocycles. The maximum Gasteiger partial charge on any atom is 0.328 e. The number of carbonyl (C=O) groups is 2. The molecule has 0 aromatic carbocycles. The van der Waals surface area contributed by atoms with Crippen LogP contribution in [0, 0.1) is 0 Å². The molecule has 1 atom stereocenters. The van der Waals surface area contributed by atoms with E-state index in [1.165, 1.54) is 12.0 Å². The molecular weight excluding hydrogens is 210 g/mol. The summed E-state index contributed by atoms with van der Waals surface area (Å²) in [6.07, 6.45) is 2.15. The zero-order valence-corrected chi connectivity index (χ0v) is 10.2. The van der Waals surface area contributed by atoms with Gasteiger partial charge in [-0.2, -0.15) is 0 Å². The molecule has 0 fully saturated rings. The van der Waals surface area contributed by atoms with E-state index in [1.807, 2.05) is 0 Å². The number of carbonyl (C=O) groups excluding carboxylic acids is 2. The van der Waals surface area contributed by atoms with Crippen molar-refractivity contribution in [1.29, 1.82) is 0 Å². The Morgan fingerprint density at radius 1 is 1.38 bits per heavy atom. The Bertz CT molecular complexity index is 231. The van der Waals surface area contributed by atoms with E-state index in [0.29, 0.717) is 13.0 Å². The predicted molar refractivity (Wildman–Crippen MR) is 60.9 cm³/mol. The summed E-state index contributed by atoms with van der Waals surface area (Å²) >= 11 is 0. The van der Waals surface area contributed by atoms with Crippen LogP contribution in [-0.4, -0.2) is 50.7 Å². The van der Waals surface area contributed by atoms with Gasteiger partial charge in [-0.3, -0.25) is 0 Å². The third-order valence-corrected chi connectivity index (χ3v) is 2.14. The van der Waals surface area contributed by atoms with Gasteiger partial charge in [0, 0.05) is 14.1 Å². The molecule has 3 N–H and O–H groups in total. The molecule has 0 aromatic heterocycles. The van der Waals surface area contributed by atoms with E-state index in [9.17, 15) is 9.59 Å². The largest absolute Gasteiger partial charge is 0.467 e. The first-order valence-electron chi connectivity index (χ1n) is 5.28. The van der Waals surface area contributed by atoms with Gasteiger partial charge in [-0.05, 0) is 25.8 Å². The molecule has 0 aliphatic rings. The number of rotatable bonds is 6. The molecule has 16 heavy (non-hydrogen) atoms. The van der Waals surface area contributed by atoms with Gasteiger partial charge in [0.15, 0.2) is 0 Å². The number of ether oxygens (including phenoxy) is 1. The van der Waals surface area contributed by atoms with E-state index in [2.05, 4.69) is 10.1 Å². The number of hydrogen-bond donors (Lipinski definition) is 2. The maximum absolute atomic E-state index is 11.4. The average molecular weight is 231 g/mol. The first-order valence-corrected chi connectivity index (χ1v) is 5.28. The summed E-state index contributed by atoms with van der Waals surface area (Å²) in [4.78, 5) is 24.1. The minimum Gasteiger partial charge on any atom is -0.467 e. The standard InChI is InChI=1S/C10H21N3O3/c1-13(2)10(15)12-8(9(14)16-3)6-4-5-7-11/h8H,4-7,11H2,1-3H3,(H,12,15)/t8-/m0/s1. The number of methoxy groups -OCH3 is 1. The highest BCUT2D eigenvalue weighted by molar-refractivity contribution is 5.83. The van der Waals surface area contributed by atoms with Crippen molar-refractivity contribution in [2.45, 2.75) is 25.3 Å². The lowest BCUT2D eigenvalue weighted by molar-refractivity contribution is -0.143. The van der Waals surface area contributed by atoms with Gasteiger partial charge in [0.05, 0.1) is 7.11 Å². The van der Waals surface area contributed by atoms with Gasteiger partial charge in [-0.15, -0.1) is 0 Å². The Morgan fingerprint density at radius 2 is 2.00 bits per heavy atom. The first kappa shape index (κ1) is 14.7. The number of esters is 1. The van der Waals surface area contributed by atoms with E-state index in [4.69, 9.17) is 5.73 Å². The van der Waals surface area contributed by atoms with Crippen LogP contribution in [0.4, 0.5) is 4.79 Å². The Morgan fingerprint density at radius 3 is 2.44 bits per heavy atom. The third-order valence-electron chi connectivity index (χ3n) is 2.14. The lowest BCUT2D eigenvalue weighted by Gasteiger charge is -2.19. The van der Waals surface area contributed by atoms with Gasteiger partial charge in [0.1, 0.15) is 6.04 Å². The summed E-state index contributed by atoms with van der Waals surface area (Å²) < 4.78 is 4.62. The Labute approximate surface area is 96.1 Å². The monoisotopic (exact) mass is 231 g/mol.